The molecule has 0 spiro atoms. The number of thiazole rings is 1. The van der Waals surface area contributed by atoms with Gasteiger partial charge in [0.15, 0.2) is 0 Å². The number of ether oxygens (including phenoxy) is 2. The second-order valence-corrected chi connectivity index (χ2v) is 14.2. The Morgan fingerprint density at radius 1 is 1.18 bits per heavy atom. The van der Waals surface area contributed by atoms with Gasteiger partial charge in [-0.25, -0.2) is 18.2 Å². The molecule has 1 fully saturated rings. The molecule has 1 aromatic carbocycles. The summed E-state index contributed by atoms with van der Waals surface area (Å²) in [7, 11) is -3.83. The van der Waals surface area contributed by atoms with E-state index in [9.17, 15) is 31.2 Å². The van der Waals surface area contributed by atoms with Crippen molar-refractivity contribution in [2.75, 3.05) is 37.2 Å². The summed E-state index contributed by atoms with van der Waals surface area (Å²) in [6, 6.07) is 10.6. The predicted octanol–water partition coefficient (Wildman–Crippen LogP) is 5.43. The van der Waals surface area contributed by atoms with Crippen LogP contribution in [-0.2, 0) is 35.6 Å². The number of carbonyl (C=O) groups excluding carboxylic acids is 2. The van der Waals surface area contributed by atoms with Crippen LogP contribution in [0.2, 0.25) is 0 Å². The van der Waals surface area contributed by atoms with Crippen LogP contribution in [0.4, 0.5) is 18.9 Å². The first-order valence-corrected chi connectivity index (χ1v) is 16.9. The number of sulfonamides is 1. The van der Waals surface area contributed by atoms with Gasteiger partial charge in [-0.3, -0.25) is 14.0 Å². The summed E-state index contributed by atoms with van der Waals surface area (Å²) in [5.41, 5.74) is 1.86. The normalized spacial score (nSPS) is 15.1. The number of aromatic amines is 1. The molecule has 1 aliphatic rings. The molecule has 0 bridgehead atoms. The standard InChI is InChI=1S/C28H29F3N4O6S3/c1-2-40-13-12-35(44(38,39)23-7-4-14-42-23)22-6-3-5-19-15-21(33-24(19)22)25-32-16-20(43-25)17-34-10-8-18(9-11-34)26(36)41-27(37)28(29,30)31/h3-7,14-16,18,33H,2,8-13,17H2,1H3. The van der Waals surface area contributed by atoms with E-state index in [4.69, 9.17) is 4.74 Å². The van der Waals surface area contributed by atoms with Gasteiger partial charge < -0.3 is 14.5 Å². The highest BCUT2D eigenvalue weighted by Crippen LogP contribution is 2.36. The van der Waals surface area contributed by atoms with Crippen molar-refractivity contribution in [3.05, 3.63) is 52.9 Å². The van der Waals surface area contributed by atoms with Crippen molar-refractivity contribution in [2.45, 2.75) is 36.7 Å². The summed E-state index contributed by atoms with van der Waals surface area (Å²) >= 11 is 2.60. The summed E-state index contributed by atoms with van der Waals surface area (Å²) in [5.74, 6) is -4.41. The molecular weight excluding hydrogens is 642 g/mol. The molecule has 0 amide bonds. The second kappa shape index (κ2) is 13.4. The van der Waals surface area contributed by atoms with Gasteiger partial charge in [0, 0.05) is 29.6 Å². The fourth-order valence-electron chi connectivity index (χ4n) is 4.93. The van der Waals surface area contributed by atoms with Gasteiger partial charge >= 0.3 is 18.1 Å². The third kappa shape index (κ3) is 7.15. The van der Waals surface area contributed by atoms with Crippen molar-refractivity contribution in [3.63, 3.8) is 0 Å². The lowest BCUT2D eigenvalue weighted by Crippen LogP contribution is -2.38. The Balaban J connectivity index is 1.29. The number of benzene rings is 1. The minimum Gasteiger partial charge on any atom is -0.386 e. The molecule has 10 nitrogen and oxygen atoms in total. The van der Waals surface area contributed by atoms with E-state index in [1.807, 2.05) is 19.1 Å². The van der Waals surface area contributed by atoms with Crippen molar-refractivity contribution < 1.29 is 40.7 Å². The van der Waals surface area contributed by atoms with E-state index in [1.165, 1.54) is 15.6 Å². The highest BCUT2D eigenvalue weighted by atomic mass is 32.2. The number of para-hydroxylation sites is 1. The van der Waals surface area contributed by atoms with Crippen LogP contribution in [0.1, 0.15) is 24.6 Å². The minimum atomic E-state index is -5.21. The van der Waals surface area contributed by atoms with Gasteiger partial charge in [-0.2, -0.15) is 13.2 Å². The fraction of sp³-hybridized carbons (Fsp3) is 0.393. The number of alkyl halides is 3. The van der Waals surface area contributed by atoms with E-state index in [1.54, 1.807) is 35.8 Å². The Morgan fingerprint density at radius 2 is 1.95 bits per heavy atom. The fourth-order valence-corrected chi connectivity index (χ4v) is 8.42. The Bertz CT molecular complexity index is 1710. The van der Waals surface area contributed by atoms with Crippen LogP contribution in [-0.4, -0.2) is 74.2 Å². The Morgan fingerprint density at radius 3 is 2.64 bits per heavy atom. The maximum absolute atomic E-state index is 13.6. The number of H-pyrrole nitrogens is 1. The largest absolute Gasteiger partial charge is 0.491 e. The summed E-state index contributed by atoms with van der Waals surface area (Å²) in [4.78, 5) is 33.9. The minimum absolute atomic E-state index is 0.135. The second-order valence-electron chi connectivity index (χ2n) is 10.0. The van der Waals surface area contributed by atoms with Crippen molar-refractivity contribution in [1.82, 2.24) is 14.9 Å². The topological polar surface area (TPSA) is 122 Å². The predicted molar refractivity (Wildman–Crippen MR) is 160 cm³/mol. The average molecular weight is 671 g/mol. The maximum atomic E-state index is 13.6. The zero-order valence-electron chi connectivity index (χ0n) is 23.5. The third-order valence-electron chi connectivity index (χ3n) is 7.09. The molecule has 3 aromatic heterocycles. The van der Waals surface area contributed by atoms with Gasteiger partial charge in [0.1, 0.15) is 9.22 Å². The number of halogens is 3. The number of aromatic nitrogens is 2. The number of anilines is 1. The van der Waals surface area contributed by atoms with E-state index in [2.05, 4.69) is 19.6 Å². The lowest BCUT2D eigenvalue weighted by molar-refractivity contribution is -0.203. The number of hydrogen-bond donors (Lipinski definition) is 1. The first-order valence-electron chi connectivity index (χ1n) is 13.7. The van der Waals surface area contributed by atoms with Crippen LogP contribution in [0.5, 0.6) is 0 Å². The van der Waals surface area contributed by atoms with Crippen LogP contribution in [0.25, 0.3) is 21.6 Å². The Kier molecular flexibility index (Phi) is 9.74. The van der Waals surface area contributed by atoms with Crippen LogP contribution in [0.3, 0.4) is 0 Å². The van der Waals surface area contributed by atoms with E-state index < -0.39 is 34.1 Å². The van der Waals surface area contributed by atoms with E-state index >= 15 is 0 Å². The molecule has 0 unspecified atom stereocenters. The number of esters is 2. The molecule has 16 heteroatoms. The number of thiophene rings is 1. The summed E-state index contributed by atoms with van der Waals surface area (Å²) < 4.78 is 75.5. The van der Waals surface area contributed by atoms with Crippen molar-refractivity contribution in [3.8, 4) is 10.7 Å². The molecule has 0 radical (unpaired) electrons. The molecule has 236 valence electrons. The smallest absolute Gasteiger partial charge is 0.386 e. The molecular formula is C28H29F3N4O6S3. The molecule has 0 atom stereocenters. The van der Waals surface area contributed by atoms with Gasteiger partial charge in [-0.1, -0.05) is 18.2 Å². The Labute approximate surface area is 259 Å². The van der Waals surface area contributed by atoms with E-state index in [0.29, 0.717) is 42.5 Å². The number of carbonyl (C=O) groups is 2. The summed E-state index contributed by atoms with van der Waals surface area (Å²) in [5, 5.41) is 3.24. The zero-order chi connectivity index (χ0) is 31.5. The molecule has 4 aromatic rings. The zero-order valence-corrected chi connectivity index (χ0v) is 26.0. The number of likely N-dealkylation sites (tertiary alicyclic amines) is 1. The van der Waals surface area contributed by atoms with Crippen molar-refractivity contribution in [1.29, 1.82) is 0 Å². The lowest BCUT2D eigenvalue weighted by atomic mass is 9.97. The van der Waals surface area contributed by atoms with E-state index in [-0.39, 0.29) is 30.2 Å². The number of fused-ring (bicyclic) bond motifs is 1. The number of hydrogen-bond acceptors (Lipinski definition) is 10. The summed E-state index contributed by atoms with van der Waals surface area (Å²) in [6.07, 6.45) is -2.93. The SMILES string of the molecule is CCOCCN(c1cccc2cc(-c3ncc(CN4CCC(C(=O)OC(=O)C(F)(F)F)CC4)s3)[nH]c12)S(=O)(=O)c1cccs1. The first-order chi connectivity index (χ1) is 21.0. The number of piperidine rings is 1. The Hall–Kier alpha value is -3.31. The van der Waals surface area contributed by atoms with Gasteiger partial charge in [0.05, 0.1) is 36.0 Å². The molecule has 4 heterocycles. The third-order valence-corrected chi connectivity index (χ3v) is 11.3. The molecule has 1 saturated heterocycles. The van der Waals surface area contributed by atoms with Crippen LogP contribution >= 0.6 is 22.7 Å². The highest BCUT2D eigenvalue weighted by molar-refractivity contribution is 7.94. The molecule has 0 saturated carbocycles. The van der Waals surface area contributed by atoms with Crippen LogP contribution < -0.4 is 4.31 Å². The van der Waals surface area contributed by atoms with Gasteiger partial charge in [0.2, 0.25) is 0 Å². The highest BCUT2D eigenvalue weighted by Gasteiger charge is 2.43. The maximum Gasteiger partial charge on any atom is 0.491 e. The number of nitrogens with zero attached hydrogens (tertiary/aromatic N) is 3. The van der Waals surface area contributed by atoms with Crippen molar-refractivity contribution >= 4 is 61.2 Å². The number of nitrogens with one attached hydrogen (secondary N) is 1. The van der Waals surface area contributed by atoms with E-state index in [0.717, 1.165) is 27.3 Å². The van der Waals surface area contributed by atoms with Crippen molar-refractivity contribution in [2.24, 2.45) is 5.92 Å². The molecule has 5 rings (SSSR count). The molecule has 44 heavy (non-hydrogen) atoms. The van der Waals surface area contributed by atoms with Gasteiger partial charge in [-0.05, 0) is 56.4 Å². The average Bonchev–Trinajstić information content (AvgIpc) is 3.76. The lowest BCUT2D eigenvalue weighted by Gasteiger charge is -2.30. The summed E-state index contributed by atoms with van der Waals surface area (Å²) in [6.45, 7) is 4.09. The molecule has 1 N–H and O–H groups in total. The van der Waals surface area contributed by atoms with Gasteiger partial charge in [-0.15, -0.1) is 22.7 Å². The molecule has 1 aliphatic heterocycles. The first kappa shape index (κ1) is 32.1. The monoisotopic (exact) mass is 670 g/mol. The van der Waals surface area contributed by atoms with Crippen LogP contribution in [0.15, 0.2) is 52.2 Å². The van der Waals surface area contributed by atoms with Gasteiger partial charge in [0.25, 0.3) is 10.0 Å². The molecule has 0 aliphatic carbocycles. The number of rotatable bonds is 11. The quantitative estimate of drug-likeness (QED) is 0.127. The van der Waals surface area contributed by atoms with Crippen LogP contribution in [0, 0.1) is 5.92 Å².